The third-order valence-corrected chi connectivity index (χ3v) is 9.14. The number of fused-ring (bicyclic) bond motifs is 3. The first-order valence-corrected chi connectivity index (χ1v) is 16.6. The van der Waals surface area contributed by atoms with Gasteiger partial charge in [-0.1, -0.05) is 140 Å². The maximum atomic E-state index is 14.2. The van der Waals surface area contributed by atoms with Gasteiger partial charge in [-0.05, 0) is 58.7 Å². The molecular formula is C45H29FN4. The van der Waals surface area contributed by atoms with Gasteiger partial charge in [-0.3, -0.25) is 0 Å². The molecular weight excluding hydrogens is 616 g/mol. The second kappa shape index (κ2) is 12.4. The Morgan fingerprint density at radius 2 is 0.900 bits per heavy atom. The van der Waals surface area contributed by atoms with Crippen molar-refractivity contribution in [2.24, 2.45) is 0 Å². The summed E-state index contributed by atoms with van der Waals surface area (Å²) in [5.74, 6) is 1.40. The SMILES string of the molecule is Fc1ccc(-c2ccc(-n3c4ccccc4c4ccc(-c5ccccc5)cc43)cc2-c2nc(-c3ccccc3)nc(-c3ccccc3)n2)cc1. The van der Waals surface area contributed by atoms with E-state index in [2.05, 4.69) is 89.5 Å². The number of halogens is 1. The fraction of sp³-hybridized carbons (Fsp3) is 0. The summed E-state index contributed by atoms with van der Waals surface area (Å²) in [5.41, 5.74) is 9.81. The van der Waals surface area contributed by atoms with E-state index in [0.29, 0.717) is 17.5 Å². The average Bonchev–Trinajstić information content (AvgIpc) is 3.52. The van der Waals surface area contributed by atoms with Crippen LogP contribution in [0.3, 0.4) is 0 Å². The van der Waals surface area contributed by atoms with E-state index in [1.54, 1.807) is 12.1 Å². The van der Waals surface area contributed by atoms with Gasteiger partial charge < -0.3 is 4.57 Å². The number of hydrogen-bond donors (Lipinski definition) is 0. The van der Waals surface area contributed by atoms with E-state index in [1.807, 2.05) is 66.7 Å². The molecule has 50 heavy (non-hydrogen) atoms. The molecule has 0 aliphatic heterocycles. The van der Waals surface area contributed by atoms with Gasteiger partial charge in [0.2, 0.25) is 0 Å². The van der Waals surface area contributed by atoms with E-state index in [9.17, 15) is 4.39 Å². The van der Waals surface area contributed by atoms with E-state index in [1.165, 1.54) is 22.9 Å². The highest BCUT2D eigenvalue weighted by Crippen LogP contribution is 2.39. The van der Waals surface area contributed by atoms with E-state index < -0.39 is 0 Å². The fourth-order valence-electron chi connectivity index (χ4n) is 6.73. The summed E-state index contributed by atoms with van der Waals surface area (Å²) in [6.07, 6.45) is 0. The smallest absolute Gasteiger partial charge is 0.164 e. The van der Waals surface area contributed by atoms with Gasteiger partial charge in [0, 0.05) is 33.2 Å². The molecule has 9 rings (SSSR count). The molecule has 2 aromatic heterocycles. The van der Waals surface area contributed by atoms with Crippen LogP contribution in [-0.4, -0.2) is 19.5 Å². The Hall–Kier alpha value is -6.72. The van der Waals surface area contributed by atoms with Crippen molar-refractivity contribution in [1.82, 2.24) is 19.5 Å². The van der Waals surface area contributed by atoms with Gasteiger partial charge in [-0.15, -0.1) is 0 Å². The minimum atomic E-state index is -0.288. The monoisotopic (exact) mass is 644 g/mol. The maximum absolute atomic E-state index is 14.2. The van der Waals surface area contributed by atoms with Crippen LogP contribution in [0.25, 0.3) is 83.9 Å². The van der Waals surface area contributed by atoms with E-state index in [-0.39, 0.29) is 5.82 Å². The van der Waals surface area contributed by atoms with Gasteiger partial charge >= 0.3 is 0 Å². The first kappa shape index (κ1) is 29.4. The molecule has 0 N–H and O–H groups in total. The van der Waals surface area contributed by atoms with Crippen LogP contribution in [0.4, 0.5) is 4.39 Å². The van der Waals surface area contributed by atoms with Crippen molar-refractivity contribution in [3.63, 3.8) is 0 Å². The summed E-state index contributed by atoms with van der Waals surface area (Å²) in [4.78, 5) is 15.1. The predicted molar refractivity (Wildman–Crippen MR) is 201 cm³/mol. The second-order valence-corrected chi connectivity index (χ2v) is 12.2. The van der Waals surface area contributed by atoms with Gasteiger partial charge in [0.05, 0.1) is 11.0 Å². The van der Waals surface area contributed by atoms with Crippen molar-refractivity contribution in [3.05, 3.63) is 182 Å². The zero-order valence-electron chi connectivity index (χ0n) is 26.9. The Morgan fingerprint density at radius 1 is 0.360 bits per heavy atom. The van der Waals surface area contributed by atoms with Crippen LogP contribution in [0.1, 0.15) is 0 Å². The number of aromatic nitrogens is 4. The Morgan fingerprint density at radius 3 is 1.56 bits per heavy atom. The average molecular weight is 645 g/mol. The number of hydrogen-bond acceptors (Lipinski definition) is 3. The topological polar surface area (TPSA) is 43.6 Å². The number of rotatable bonds is 6. The molecule has 5 heteroatoms. The number of nitrogens with zero attached hydrogens (tertiary/aromatic N) is 4. The van der Waals surface area contributed by atoms with Crippen LogP contribution in [0.2, 0.25) is 0 Å². The summed E-state index contributed by atoms with van der Waals surface area (Å²) in [7, 11) is 0. The third-order valence-electron chi connectivity index (χ3n) is 9.14. The molecule has 0 atom stereocenters. The lowest BCUT2D eigenvalue weighted by Crippen LogP contribution is -2.02. The van der Waals surface area contributed by atoms with E-state index >= 15 is 0 Å². The Labute approximate surface area is 288 Å². The maximum Gasteiger partial charge on any atom is 0.164 e. The van der Waals surface area contributed by atoms with Crippen molar-refractivity contribution in [1.29, 1.82) is 0 Å². The molecule has 4 nitrogen and oxygen atoms in total. The summed E-state index contributed by atoms with van der Waals surface area (Å²) in [6, 6.07) is 58.5. The first-order valence-electron chi connectivity index (χ1n) is 16.6. The number of para-hydroxylation sites is 1. The van der Waals surface area contributed by atoms with Crippen LogP contribution < -0.4 is 0 Å². The molecule has 7 aromatic carbocycles. The van der Waals surface area contributed by atoms with Crippen LogP contribution >= 0.6 is 0 Å². The molecule has 2 heterocycles. The summed E-state index contributed by atoms with van der Waals surface area (Å²) >= 11 is 0. The van der Waals surface area contributed by atoms with Crippen LogP contribution in [0, 0.1) is 5.82 Å². The lowest BCUT2D eigenvalue weighted by molar-refractivity contribution is 0.628. The first-order chi connectivity index (χ1) is 24.7. The summed E-state index contributed by atoms with van der Waals surface area (Å²) in [6.45, 7) is 0. The second-order valence-electron chi connectivity index (χ2n) is 12.2. The highest BCUT2D eigenvalue weighted by atomic mass is 19.1. The van der Waals surface area contributed by atoms with Gasteiger partial charge in [0.1, 0.15) is 5.82 Å². The Kier molecular flexibility index (Phi) is 7.29. The highest BCUT2D eigenvalue weighted by Gasteiger charge is 2.19. The van der Waals surface area contributed by atoms with Crippen molar-refractivity contribution in [2.75, 3.05) is 0 Å². The summed E-state index contributed by atoms with van der Waals surface area (Å²) < 4.78 is 16.5. The third kappa shape index (κ3) is 5.31. The Balaban J connectivity index is 1.32. The molecule has 0 spiro atoms. The molecule has 9 aromatic rings. The quantitative estimate of drug-likeness (QED) is 0.181. The molecule has 0 saturated carbocycles. The fourth-order valence-corrected chi connectivity index (χ4v) is 6.73. The van der Waals surface area contributed by atoms with Crippen molar-refractivity contribution < 1.29 is 4.39 Å². The van der Waals surface area contributed by atoms with Gasteiger partial charge in [0.15, 0.2) is 17.5 Å². The zero-order chi connectivity index (χ0) is 33.4. The number of benzene rings is 7. The molecule has 0 aliphatic rings. The summed E-state index contributed by atoms with van der Waals surface area (Å²) in [5, 5.41) is 2.34. The molecule has 0 fully saturated rings. The molecule has 0 amide bonds. The standard InChI is InChI=1S/C45H29FN4/c46-35-23-20-31(21-24-35)37-27-25-36(50-41-19-11-10-18-38(41)39-26-22-34(28-42(39)50)30-12-4-1-5-13-30)29-40(37)45-48-43(32-14-6-2-7-15-32)47-44(49-45)33-16-8-3-9-17-33/h1-29H. The predicted octanol–water partition coefficient (Wildman–Crippen LogP) is 11.4. The zero-order valence-corrected chi connectivity index (χ0v) is 26.9. The van der Waals surface area contributed by atoms with Crippen LogP contribution in [0.15, 0.2) is 176 Å². The van der Waals surface area contributed by atoms with Gasteiger partial charge in [0.25, 0.3) is 0 Å². The van der Waals surface area contributed by atoms with Gasteiger partial charge in [-0.2, -0.15) is 0 Å². The highest BCUT2D eigenvalue weighted by molar-refractivity contribution is 6.10. The Bertz CT molecular complexity index is 2570. The van der Waals surface area contributed by atoms with E-state index in [4.69, 9.17) is 15.0 Å². The molecule has 0 radical (unpaired) electrons. The molecule has 0 bridgehead atoms. The minimum absolute atomic E-state index is 0.288. The van der Waals surface area contributed by atoms with Gasteiger partial charge in [-0.25, -0.2) is 19.3 Å². The van der Waals surface area contributed by atoms with Crippen LogP contribution in [0.5, 0.6) is 0 Å². The lowest BCUT2D eigenvalue weighted by atomic mass is 9.98. The molecule has 0 unspecified atom stereocenters. The van der Waals surface area contributed by atoms with Crippen molar-refractivity contribution >= 4 is 21.8 Å². The molecule has 0 aliphatic carbocycles. The lowest BCUT2D eigenvalue weighted by Gasteiger charge is -2.16. The van der Waals surface area contributed by atoms with Crippen molar-refractivity contribution in [2.45, 2.75) is 0 Å². The minimum Gasteiger partial charge on any atom is -0.309 e. The van der Waals surface area contributed by atoms with Crippen LogP contribution in [-0.2, 0) is 0 Å². The molecule has 0 saturated heterocycles. The normalized spacial score (nSPS) is 11.3. The molecule has 236 valence electrons. The van der Waals surface area contributed by atoms with Crippen molar-refractivity contribution in [3.8, 4) is 62.1 Å². The van der Waals surface area contributed by atoms with E-state index in [0.717, 1.165) is 55.7 Å². The largest absolute Gasteiger partial charge is 0.309 e.